The third-order valence-corrected chi connectivity index (χ3v) is 4.08. The van der Waals surface area contributed by atoms with Crippen molar-refractivity contribution in [3.63, 3.8) is 0 Å². The van der Waals surface area contributed by atoms with Crippen LogP contribution in [0.25, 0.3) is 0 Å². The molecule has 0 bridgehead atoms. The molecule has 1 saturated heterocycles. The molecule has 1 aliphatic heterocycles. The van der Waals surface area contributed by atoms with Gasteiger partial charge in [-0.15, -0.1) is 11.8 Å². The Morgan fingerprint density at radius 3 is 2.62 bits per heavy atom. The average Bonchev–Trinajstić information content (AvgIpc) is 2.97. The molecule has 1 aliphatic carbocycles. The van der Waals surface area contributed by atoms with E-state index in [1.54, 1.807) is 0 Å². The predicted molar refractivity (Wildman–Crippen MR) is 58.0 cm³/mol. The number of hydrogen-bond donors (Lipinski definition) is 1. The lowest BCUT2D eigenvalue weighted by atomic mass is 10.3. The minimum absolute atomic E-state index is 0.0886. The summed E-state index contributed by atoms with van der Waals surface area (Å²) in [6, 6.07) is 0.0886. The van der Waals surface area contributed by atoms with Gasteiger partial charge in [-0.05, 0) is 19.8 Å². The molecule has 2 atom stereocenters. The Bertz CT molecular complexity index is 353. The van der Waals surface area contributed by atoms with Gasteiger partial charge in [-0.1, -0.05) is 0 Å². The van der Waals surface area contributed by atoms with Crippen molar-refractivity contribution in [3.05, 3.63) is 0 Å². The van der Waals surface area contributed by atoms with Gasteiger partial charge >= 0.3 is 5.97 Å². The number of likely N-dealkylation sites (tertiary alicyclic amines) is 1. The number of amides is 2. The van der Waals surface area contributed by atoms with Crippen LogP contribution in [0.1, 0.15) is 26.2 Å². The van der Waals surface area contributed by atoms with Crippen LogP contribution < -0.4 is 0 Å². The molecule has 2 unspecified atom stereocenters. The summed E-state index contributed by atoms with van der Waals surface area (Å²) in [6.07, 6.45) is 1.93. The standard InChI is InChI=1S/C10H13NO4S/c1-5(10(14)15)16-7-4-8(12)11(9(7)13)6-2-3-6/h5-7H,2-4H2,1H3,(H,14,15). The topological polar surface area (TPSA) is 74.7 Å². The van der Waals surface area contributed by atoms with Gasteiger partial charge < -0.3 is 5.11 Å². The summed E-state index contributed by atoms with van der Waals surface area (Å²) < 4.78 is 0. The molecule has 88 valence electrons. The highest BCUT2D eigenvalue weighted by atomic mass is 32.2. The summed E-state index contributed by atoms with van der Waals surface area (Å²) in [5.41, 5.74) is 0. The first-order valence-corrected chi connectivity index (χ1v) is 6.19. The maximum atomic E-state index is 11.8. The lowest BCUT2D eigenvalue weighted by Crippen LogP contribution is -2.33. The summed E-state index contributed by atoms with van der Waals surface area (Å²) in [5.74, 6) is -1.30. The Morgan fingerprint density at radius 2 is 2.12 bits per heavy atom. The number of nitrogens with zero attached hydrogens (tertiary/aromatic N) is 1. The molecule has 0 aromatic rings. The Morgan fingerprint density at radius 1 is 1.50 bits per heavy atom. The maximum Gasteiger partial charge on any atom is 0.316 e. The normalized spacial score (nSPS) is 27.3. The molecule has 6 heteroatoms. The van der Waals surface area contributed by atoms with E-state index in [1.807, 2.05) is 0 Å². The molecule has 0 spiro atoms. The molecule has 1 saturated carbocycles. The molecule has 2 aliphatic rings. The lowest BCUT2D eigenvalue weighted by molar-refractivity contribution is -0.139. The third-order valence-electron chi connectivity index (χ3n) is 2.77. The van der Waals surface area contributed by atoms with Crippen LogP contribution in [0, 0.1) is 0 Å². The van der Waals surface area contributed by atoms with Gasteiger partial charge in [0.2, 0.25) is 11.8 Å². The van der Waals surface area contributed by atoms with E-state index in [-0.39, 0.29) is 24.3 Å². The van der Waals surface area contributed by atoms with E-state index >= 15 is 0 Å². The third kappa shape index (κ3) is 2.07. The second-order valence-electron chi connectivity index (χ2n) is 4.14. The zero-order valence-electron chi connectivity index (χ0n) is 8.88. The fourth-order valence-corrected chi connectivity index (χ4v) is 2.83. The Balaban J connectivity index is 2.00. The molecule has 16 heavy (non-hydrogen) atoms. The van der Waals surface area contributed by atoms with Crippen molar-refractivity contribution < 1.29 is 19.5 Å². The number of aliphatic carboxylic acids is 1. The summed E-state index contributed by atoms with van der Waals surface area (Å²) in [6.45, 7) is 1.53. The van der Waals surface area contributed by atoms with Gasteiger partial charge in [0, 0.05) is 12.5 Å². The molecule has 1 heterocycles. The van der Waals surface area contributed by atoms with E-state index in [0.29, 0.717) is 0 Å². The van der Waals surface area contributed by atoms with Crippen molar-refractivity contribution in [1.29, 1.82) is 0 Å². The number of carbonyl (C=O) groups is 3. The molecule has 0 radical (unpaired) electrons. The minimum Gasteiger partial charge on any atom is -0.480 e. The van der Waals surface area contributed by atoms with Crippen molar-refractivity contribution in [2.45, 2.75) is 42.7 Å². The van der Waals surface area contributed by atoms with Crippen LogP contribution in [-0.2, 0) is 14.4 Å². The van der Waals surface area contributed by atoms with E-state index in [2.05, 4.69) is 0 Å². The zero-order chi connectivity index (χ0) is 11.9. The molecule has 0 aromatic carbocycles. The van der Waals surface area contributed by atoms with Crippen molar-refractivity contribution in [2.24, 2.45) is 0 Å². The molecule has 5 nitrogen and oxygen atoms in total. The van der Waals surface area contributed by atoms with Crippen molar-refractivity contribution in [2.75, 3.05) is 0 Å². The monoisotopic (exact) mass is 243 g/mol. The van der Waals surface area contributed by atoms with Crippen LogP contribution in [0.5, 0.6) is 0 Å². The molecule has 2 rings (SSSR count). The number of hydrogen-bond acceptors (Lipinski definition) is 4. The zero-order valence-corrected chi connectivity index (χ0v) is 9.70. The highest BCUT2D eigenvalue weighted by Crippen LogP contribution is 2.36. The molecular formula is C10H13NO4S. The van der Waals surface area contributed by atoms with Crippen LogP contribution in [0.4, 0.5) is 0 Å². The maximum absolute atomic E-state index is 11.8. The highest BCUT2D eigenvalue weighted by Gasteiger charge is 2.46. The number of carboxylic acid groups (broad SMARTS) is 1. The minimum atomic E-state index is -0.949. The Labute approximate surface area is 97.2 Å². The molecule has 2 fully saturated rings. The van der Waals surface area contributed by atoms with Crippen LogP contribution >= 0.6 is 11.8 Å². The number of thioether (sulfide) groups is 1. The summed E-state index contributed by atoms with van der Waals surface area (Å²) in [4.78, 5) is 35.4. The predicted octanol–water partition coefficient (Wildman–Crippen LogP) is 0.483. The van der Waals surface area contributed by atoms with Crippen LogP contribution in [0.3, 0.4) is 0 Å². The number of imide groups is 1. The molecule has 0 aromatic heterocycles. The second-order valence-corrected chi connectivity index (χ2v) is 5.69. The van der Waals surface area contributed by atoms with Crippen molar-refractivity contribution in [1.82, 2.24) is 4.90 Å². The first kappa shape index (κ1) is 11.4. The summed E-state index contributed by atoms with van der Waals surface area (Å²) >= 11 is 1.06. The summed E-state index contributed by atoms with van der Waals surface area (Å²) in [7, 11) is 0. The van der Waals surface area contributed by atoms with Crippen LogP contribution in [0.15, 0.2) is 0 Å². The quantitative estimate of drug-likeness (QED) is 0.727. The van der Waals surface area contributed by atoms with E-state index in [0.717, 1.165) is 24.6 Å². The molecule has 2 amide bonds. The van der Waals surface area contributed by atoms with E-state index in [1.165, 1.54) is 11.8 Å². The van der Waals surface area contributed by atoms with Gasteiger partial charge in [-0.25, -0.2) is 0 Å². The van der Waals surface area contributed by atoms with Crippen molar-refractivity contribution >= 4 is 29.5 Å². The van der Waals surface area contributed by atoms with Crippen LogP contribution in [-0.4, -0.2) is 44.3 Å². The fourth-order valence-electron chi connectivity index (χ4n) is 1.75. The number of carbonyl (C=O) groups excluding carboxylic acids is 2. The van der Waals surface area contributed by atoms with Gasteiger partial charge in [0.25, 0.3) is 0 Å². The smallest absolute Gasteiger partial charge is 0.316 e. The number of rotatable bonds is 4. The second kappa shape index (κ2) is 4.08. The number of carboxylic acids is 1. The highest BCUT2D eigenvalue weighted by molar-refractivity contribution is 8.01. The fraction of sp³-hybridized carbons (Fsp3) is 0.700. The first-order valence-electron chi connectivity index (χ1n) is 5.25. The van der Waals surface area contributed by atoms with Gasteiger partial charge in [0.1, 0.15) is 5.25 Å². The van der Waals surface area contributed by atoms with E-state index in [9.17, 15) is 14.4 Å². The SMILES string of the molecule is CC(SC1CC(=O)N(C2CC2)C1=O)C(=O)O. The average molecular weight is 243 g/mol. The first-order chi connectivity index (χ1) is 7.50. The molecular weight excluding hydrogens is 230 g/mol. The van der Waals surface area contributed by atoms with Crippen LogP contribution in [0.2, 0.25) is 0 Å². The summed E-state index contributed by atoms with van der Waals surface area (Å²) in [5, 5.41) is 7.60. The Kier molecular flexibility index (Phi) is 2.92. The Hall–Kier alpha value is -1.04. The van der Waals surface area contributed by atoms with Gasteiger partial charge in [0.05, 0.1) is 5.25 Å². The molecule has 1 N–H and O–H groups in total. The lowest BCUT2D eigenvalue weighted by Gasteiger charge is -2.14. The largest absolute Gasteiger partial charge is 0.480 e. The van der Waals surface area contributed by atoms with Crippen molar-refractivity contribution in [3.8, 4) is 0 Å². The van der Waals surface area contributed by atoms with Gasteiger partial charge in [-0.3, -0.25) is 19.3 Å². The van der Waals surface area contributed by atoms with E-state index in [4.69, 9.17) is 5.11 Å². The van der Waals surface area contributed by atoms with Gasteiger partial charge in [-0.2, -0.15) is 0 Å². The van der Waals surface area contributed by atoms with Gasteiger partial charge in [0.15, 0.2) is 0 Å². The van der Waals surface area contributed by atoms with E-state index < -0.39 is 16.5 Å².